The summed E-state index contributed by atoms with van der Waals surface area (Å²) in [6, 6.07) is 8.46. The molecule has 27 heavy (non-hydrogen) atoms. The summed E-state index contributed by atoms with van der Waals surface area (Å²) in [6.45, 7) is 10.0. The SMILES string of the molecule is CCNC(=NCc1csc(C(C)C)n1)N1CCC(c2ccc(OC)cc2)C1. The summed E-state index contributed by atoms with van der Waals surface area (Å²) in [7, 11) is 1.71. The topological polar surface area (TPSA) is 49.8 Å². The number of guanidine groups is 1. The molecule has 3 rings (SSSR count). The first kappa shape index (κ1) is 19.7. The second-order valence-corrected chi connectivity index (χ2v) is 8.10. The monoisotopic (exact) mass is 386 g/mol. The van der Waals surface area contributed by atoms with E-state index in [-0.39, 0.29) is 0 Å². The van der Waals surface area contributed by atoms with Crippen molar-refractivity contribution in [1.29, 1.82) is 0 Å². The molecule has 0 saturated carbocycles. The van der Waals surface area contributed by atoms with E-state index in [2.05, 4.69) is 48.5 Å². The summed E-state index contributed by atoms with van der Waals surface area (Å²) < 4.78 is 5.27. The molecule has 1 saturated heterocycles. The highest BCUT2D eigenvalue weighted by Crippen LogP contribution is 2.28. The maximum Gasteiger partial charge on any atom is 0.194 e. The zero-order valence-electron chi connectivity index (χ0n) is 16.7. The van der Waals surface area contributed by atoms with Crippen LogP contribution in [-0.4, -0.2) is 42.6 Å². The van der Waals surface area contributed by atoms with Crippen LogP contribution in [0, 0.1) is 0 Å². The molecule has 6 heteroatoms. The van der Waals surface area contributed by atoms with E-state index in [0.717, 1.165) is 43.5 Å². The van der Waals surface area contributed by atoms with Gasteiger partial charge in [0.2, 0.25) is 0 Å². The summed E-state index contributed by atoms with van der Waals surface area (Å²) in [6.07, 6.45) is 1.14. The molecule has 1 atom stereocenters. The third-order valence-corrected chi connectivity index (χ3v) is 6.06. The van der Waals surface area contributed by atoms with Crippen LogP contribution in [-0.2, 0) is 6.54 Å². The summed E-state index contributed by atoms with van der Waals surface area (Å²) in [5, 5.41) is 6.76. The van der Waals surface area contributed by atoms with Gasteiger partial charge in [0.25, 0.3) is 0 Å². The molecule has 1 aliphatic rings. The van der Waals surface area contributed by atoms with E-state index in [9.17, 15) is 0 Å². The lowest BCUT2D eigenvalue weighted by Gasteiger charge is -2.21. The maximum atomic E-state index is 5.27. The third kappa shape index (κ3) is 5.01. The summed E-state index contributed by atoms with van der Waals surface area (Å²) in [4.78, 5) is 11.9. The standard InChI is InChI=1S/C21H30N4OS/c1-5-22-21(23-12-18-14-27-20(24-18)15(2)3)25-11-10-17(13-25)16-6-8-19(26-4)9-7-16/h6-9,14-15,17H,5,10-13H2,1-4H3,(H,22,23). The van der Waals surface area contributed by atoms with Crippen molar-refractivity contribution in [2.24, 2.45) is 4.99 Å². The molecule has 1 unspecified atom stereocenters. The Morgan fingerprint density at radius 2 is 2.15 bits per heavy atom. The van der Waals surface area contributed by atoms with E-state index < -0.39 is 0 Å². The van der Waals surface area contributed by atoms with Crippen LogP contribution in [0.15, 0.2) is 34.6 Å². The second kappa shape index (κ2) is 9.22. The van der Waals surface area contributed by atoms with Gasteiger partial charge in [-0.1, -0.05) is 26.0 Å². The van der Waals surface area contributed by atoms with Gasteiger partial charge >= 0.3 is 0 Å². The Hall–Kier alpha value is -2.08. The number of nitrogens with zero attached hydrogens (tertiary/aromatic N) is 3. The summed E-state index contributed by atoms with van der Waals surface area (Å²) in [5.41, 5.74) is 2.43. The zero-order chi connectivity index (χ0) is 19.2. The lowest BCUT2D eigenvalue weighted by molar-refractivity contribution is 0.414. The van der Waals surface area contributed by atoms with Crippen LogP contribution in [0.1, 0.15) is 55.3 Å². The van der Waals surface area contributed by atoms with Crippen LogP contribution in [0.5, 0.6) is 5.75 Å². The Kier molecular flexibility index (Phi) is 6.72. The van der Waals surface area contributed by atoms with Gasteiger partial charge < -0.3 is 15.0 Å². The molecule has 2 aromatic rings. The van der Waals surface area contributed by atoms with E-state index in [4.69, 9.17) is 14.7 Å². The molecule has 1 fully saturated rings. The number of ether oxygens (including phenoxy) is 1. The van der Waals surface area contributed by atoms with Crippen LogP contribution < -0.4 is 10.1 Å². The summed E-state index contributed by atoms with van der Waals surface area (Å²) >= 11 is 1.73. The molecule has 146 valence electrons. The molecule has 1 N–H and O–H groups in total. The highest BCUT2D eigenvalue weighted by Gasteiger charge is 2.26. The normalized spacial score (nSPS) is 17.6. The number of nitrogens with one attached hydrogen (secondary N) is 1. The van der Waals surface area contributed by atoms with E-state index >= 15 is 0 Å². The molecule has 0 spiro atoms. The minimum Gasteiger partial charge on any atom is -0.497 e. The molecule has 0 aliphatic carbocycles. The molecular weight excluding hydrogens is 356 g/mol. The van der Waals surface area contributed by atoms with E-state index in [0.29, 0.717) is 18.4 Å². The molecule has 0 radical (unpaired) electrons. The number of likely N-dealkylation sites (tertiary alicyclic amines) is 1. The van der Waals surface area contributed by atoms with Gasteiger partial charge in [-0.3, -0.25) is 0 Å². The van der Waals surface area contributed by atoms with Gasteiger partial charge in [0.05, 0.1) is 24.4 Å². The molecule has 1 aliphatic heterocycles. The number of aromatic nitrogens is 1. The Labute approximate surface area is 166 Å². The van der Waals surface area contributed by atoms with Gasteiger partial charge in [-0.05, 0) is 31.0 Å². The van der Waals surface area contributed by atoms with Crippen molar-refractivity contribution in [2.75, 3.05) is 26.7 Å². The number of aliphatic imine (C=N–C) groups is 1. The molecule has 0 bridgehead atoms. The predicted octanol–water partition coefficient (Wildman–Crippen LogP) is 4.23. The van der Waals surface area contributed by atoms with Crippen LogP contribution in [0.4, 0.5) is 0 Å². The first-order valence-electron chi connectivity index (χ1n) is 9.72. The van der Waals surface area contributed by atoms with Gasteiger partial charge in [0, 0.05) is 36.9 Å². The number of benzene rings is 1. The van der Waals surface area contributed by atoms with Gasteiger partial charge in [0.1, 0.15) is 5.75 Å². The highest BCUT2D eigenvalue weighted by molar-refractivity contribution is 7.09. The number of rotatable bonds is 6. The van der Waals surface area contributed by atoms with Crippen LogP contribution >= 0.6 is 11.3 Å². The molecule has 2 heterocycles. The average Bonchev–Trinajstić information content (AvgIpc) is 3.35. The van der Waals surface area contributed by atoms with Crippen LogP contribution in [0.2, 0.25) is 0 Å². The number of hydrogen-bond acceptors (Lipinski definition) is 4. The van der Waals surface area contributed by atoms with Crippen molar-refractivity contribution in [3.8, 4) is 5.75 Å². The Morgan fingerprint density at radius 3 is 2.78 bits per heavy atom. The molecule has 1 aromatic carbocycles. The maximum absolute atomic E-state index is 5.27. The Morgan fingerprint density at radius 1 is 1.37 bits per heavy atom. The fourth-order valence-corrected chi connectivity index (χ4v) is 4.17. The van der Waals surface area contributed by atoms with E-state index in [1.165, 1.54) is 10.6 Å². The largest absolute Gasteiger partial charge is 0.497 e. The Bertz CT molecular complexity index is 754. The average molecular weight is 387 g/mol. The third-order valence-electron chi connectivity index (χ3n) is 4.86. The van der Waals surface area contributed by atoms with Gasteiger partial charge in [-0.25, -0.2) is 9.98 Å². The lowest BCUT2D eigenvalue weighted by atomic mass is 9.98. The van der Waals surface area contributed by atoms with Gasteiger partial charge in [0.15, 0.2) is 5.96 Å². The minimum atomic E-state index is 0.477. The fraction of sp³-hybridized carbons (Fsp3) is 0.524. The van der Waals surface area contributed by atoms with Crippen LogP contribution in [0.3, 0.4) is 0 Å². The molecule has 5 nitrogen and oxygen atoms in total. The van der Waals surface area contributed by atoms with Crippen molar-refractivity contribution in [2.45, 2.75) is 45.6 Å². The second-order valence-electron chi connectivity index (χ2n) is 7.21. The van der Waals surface area contributed by atoms with Crippen molar-refractivity contribution in [3.63, 3.8) is 0 Å². The van der Waals surface area contributed by atoms with Gasteiger partial charge in [-0.2, -0.15) is 0 Å². The van der Waals surface area contributed by atoms with Crippen molar-refractivity contribution in [3.05, 3.63) is 45.9 Å². The quantitative estimate of drug-likeness (QED) is 0.596. The van der Waals surface area contributed by atoms with E-state index in [1.54, 1.807) is 18.4 Å². The molecule has 0 amide bonds. The zero-order valence-corrected chi connectivity index (χ0v) is 17.6. The van der Waals surface area contributed by atoms with Crippen molar-refractivity contribution < 1.29 is 4.74 Å². The molecule has 1 aromatic heterocycles. The number of hydrogen-bond donors (Lipinski definition) is 1. The smallest absolute Gasteiger partial charge is 0.194 e. The molecular formula is C21H30N4OS. The predicted molar refractivity (Wildman–Crippen MR) is 113 cm³/mol. The summed E-state index contributed by atoms with van der Waals surface area (Å²) in [5.74, 6) is 2.91. The Balaban J connectivity index is 1.65. The lowest BCUT2D eigenvalue weighted by Crippen LogP contribution is -2.40. The van der Waals surface area contributed by atoms with Gasteiger partial charge in [-0.15, -0.1) is 11.3 Å². The van der Waals surface area contributed by atoms with Crippen LogP contribution in [0.25, 0.3) is 0 Å². The number of thiazole rings is 1. The first-order valence-corrected chi connectivity index (χ1v) is 10.6. The number of methoxy groups -OCH3 is 1. The van der Waals surface area contributed by atoms with Crippen molar-refractivity contribution in [1.82, 2.24) is 15.2 Å². The highest BCUT2D eigenvalue weighted by atomic mass is 32.1. The fourth-order valence-electron chi connectivity index (χ4n) is 3.34. The van der Waals surface area contributed by atoms with Crippen molar-refractivity contribution >= 4 is 17.3 Å². The van der Waals surface area contributed by atoms with E-state index in [1.807, 2.05) is 12.1 Å². The first-order chi connectivity index (χ1) is 13.1. The minimum absolute atomic E-state index is 0.477.